The maximum absolute atomic E-state index is 12.1. The van der Waals surface area contributed by atoms with E-state index in [-0.39, 0.29) is 6.54 Å². The first kappa shape index (κ1) is 20.2. The van der Waals surface area contributed by atoms with Crippen LogP contribution in [0.15, 0.2) is 48.5 Å². The van der Waals surface area contributed by atoms with Crippen LogP contribution in [-0.4, -0.2) is 36.0 Å². The first-order chi connectivity index (χ1) is 13.0. The number of hydrogen-bond donors (Lipinski definition) is 3. The number of ketones is 1. The molecular weight excluding hydrogens is 364 g/mol. The van der Waals surface area contributed by atoms with E-state index in [4.69, 9.17) is 22.4 Å². The predicted octanol–water partition coefficient (Wildman–Crippen LogP) is 1.36. The quantitative estimate of drug-likeness (QED) is 0.683. The SMILES string of the molecule is NC[C@H](NC(=O)c1ccc(C#CC#Cc2cccc(Cl)c2)cc1)C(=O)CO. The second-order valence-electron chi connectivity index (χ2n) is 5.47. The average Bonchev–Trinajstić information content (AvgIpc) is 2.69. The van der Waals surface area contributed by atoms with Crippen LogP contribution in [0.3, 0.4) is 0 Å². The minimum atomic E-state index is -0.913. The van der Waals surface area contributed by atoms with Gasteiger partial charge in [-0.25, -0.2) is 0 Å². The van der Waals surface area contributed by atoms with Crippen molar-refractivity contribution in [2.75, 3.05) is 13.2 Å². The molecular formula is C21H17ClN2O3. The molecule has 0 aliphatic carbocycles. The Balaban J connectivity index is 2.02. The van der Waals surface area contributed by atoms with Crippen LogP contribution in [0.5, 0.6) is 0 Å². The molecule has 0 heterocycles. The number of halogens is 1. The van der Waals surface area contributed by atoms with Crippen molar-refractivity contribution in [1.82, 2.24) is 5.32 Å². The van der Waals surface area contributed by atoms with Gasteiger partial charge in [-0.1, -0.05) is 29.5 Å². The zero-order valence-corrected chi connectivity index (χ0v) is 15.1. The van der Waals surface area contributed by atoms with Crippen LogP contribution in [-0.2, 0) is 4.79 Å². The zero-order valence-electron chi connectivity index (χ0n) is 14.3. The lowest BCUT2D eigenvalue weighted by Gasteiger charge is -2.14. The van der Waals surface area contributed by atoms with Gasteiger partial charge in [-0.3, -0.25) is 9.59 Å². The molecule has 0 spiro atoms. The predicted molar refractivity (Wildman–Crippen MR) is 104 cm³/mol. The Labute approximate surface area is 162 Å². The van der Waals surface area contributed by atoms with Gasteiger partial charge in [0.05, 0.1) is 0 Å². The first-order valence-corrected chi connectivity index (χ1v) is 8.43. The normalized spacial score (nSPS) is 10.6. The van der Waals surface area contributed by atoms with Gasteiger partial charge in [0.2, 0.25) is 0 Å². The molecule has 0 saturated carbocycles. The van der Waals surface area contributed by atoms with E-state index in [2.05, 4.69) is 29.0 Å². The summed E-state index contributed by atoms with van der Waals surface area (Å²) in [6.45, 7) is -0.757. The van der Waals surface area contributed by atoms with Crippen molar-refractivity contribution in [3.8, 4) is 23.7 Å². The van der Waals surface area contributed by atoms with Crippen molar-refractivity contribution >= 4 is 23.3 Å². The average molecular weight is 381 g/mol. The molecule has 0 aliphatic rings. The number of carbonyl (C=O) groups excluding carboxylic acids is 2. The molecule has 136 valence electrons. The van der Waals surface area contributed by atoms with Crippen molar-refractivity contribution in [3.63, 3.8) is 0 Å². The van der Waals surface area contributed by atoms with Crippen molar-refractivity contribution in [1.29, 1.82) is 0 Å². The molecule has 5 nitrogen and oxygen atoms in total. The highest BCUT2D eigenvalue weighted by atomic mass is 35.5. The Kier molecular flexibility index (Phi) is 7.61. The number of Topliss-reactive ketones (excluding diaryl/α,β-unsaturated/α-hetero) is 1. The molecule has 1 atom stereocenters. The van der Waals surface area contributed by atoms with Crippen molar-refractivity contribution in [2.45, 2.75) is 6.04 Å². The zero-order chi connectivity index (χ0) is 19.6. The summed E-state index contributed by atoms with van der Waals surface area (Å²) in [5, 5.41) is 12.0. The molecule has 0 saturated heterocycles. The van der Waals surface area contributed by atoms with Crippen LogP contribution >= 0.6 is 11.6 Å². The number of rotatable bonds is 5. The van der Waals surface area contributed by atoms with Crippen molar-refractivity contribution < 1.29 is 14.7 Å². The number of hydrogen-bond acceptors (Lipinski definition) is 4. The number of amides is 1. The van der Waals surface area contributed by atoms with E-state index in [1.54, 1.807) is 36.4 Å². The van der Waals surface area contributed by atoms with Gasteiger partial charge in [-0.05, 0) is 54.3 Å². The minimum Gasteiger partial charge on any atom is -0.388 e. The molecule has 2 aromatic carbocycles. The van der Waals surface area contributed by atoms with E-state index in [1.807, 2.05) is 12.1 Å². The monoisotopic (exact) mass is 380 g/mol. The van der Waals surface area contributed by atoms with Gasteiger partial charge < -0.3 is 16.2 Å². The number of aliphatic hydroxyl groups is 1. The Bertz CT molecular complexity index is 947. The third-order valence-corrected chi connectivity index (χ3v) is 3.77. The molecule has 0 aliphatic heterocycles. The van der Waals surface area contributed by atoms with Gasteiger partial charge in [0, 0.05) is 28.3 Å². The molecule has 0 aromatic heterocycles. The molecule has 2 aromatic rings. The van der Waals surface area contributed by atoms with E-state index < -0.39 is 24.3 Å². The Hall–Kier alpha value is -3.09. The topological polar surface area (TPSA) is 92.4 Å². The Morgan fingerprint density at radius 1 is 1.07 bits per heavy atom. The molecule has 2 rings (SSSR count). The number of nitrogens with one attached hydrogen (secondary N) is 1. The van der Waals surface area contributed by atoms with Gasteiger partial charge in [0.25, 0.3) is 5.91 Å². The van der Waals surface area contributed by atoms with Crippen LogP contribution < -0.4 is 11.1 Å². The summed E-state index contributed by atoms with van der Waals surface area (Å²) in [5.74, 6) is 10.3. The third-order valence-electron chi connectivity index (χ3n) is 3.53. The summed E-state index contributed by atoms with van der Waals surface area (Å²) < 4.78 is 0. The lowest BCUT2D eigenvalue weighted by atomic mass is 10.1. The van der Waals surface area contributed by atoms with Crippen LogP contribution in [0, 0.1) is 23.7 Å². The maximum Gasteiger partial charge on any atom is 0.251 e. The van der Waals surface area contributed by atoms with E-state index in [0.29, 0.717) is 16.1 Å². The van der Waals surface area contributed by atoms with E-state index >= 15 is 0 Å². The van der Waals surface area contributed by atoms with Crippen molar-refractivity contribution in [3.05, 3.63) is 70.2 Å². The van der Waals surface area contributed by atoms with E-state index in [1.165, 1.54) is 0 Å². The fraction of sp³-hybridized carbons (Fsp3) is 0.143. The van der Waals surface area contributed by atoms with Crippen LogP contribution in [0.1, 0.15) is 21.5 Å². The van der Waals surface area contributed by atoms with Crippen LogP contribution in [0.25, 0.3) is 0 Å². The van der Waals surface area contributed by atoms with Gasteiger partial charge in [0.1, 0.15) is 12.6 Å². The summed E-state index contributed by atoms with van der Waals surface area (Å²) in [5.41, 5.74) is 7.25. The highest BCUT2D eigenvalue weighted by Crippen LogP contribution is 2.09. The van der Waals surface area contributed by atoms with Crippen LogP contribution in [0.2, 0.25) is 5.02 Å². The van der Waals surface area contributed by atoms with Crippen molar-refractivity contribution in [2.24, 2.45) is 5.73 Å². The molecule has 0 radical (unpaired) electrons. The second kappa shape index (κ2) is 10.2. The number of carbonyl (C=O) groups is 2. The smallest absolute Gasteiger partial charge is 0.251 e. The maximum atomic E-state index is 12.1. The highest BCUT2D eigenvalue weighted by molar-refractivity contribution is 6.30. The molecule has 1 amide bonds. The Morgan fingerprint density at radius 3 is 2.33 bits per heavy atom. The highest BCUT2D eigenvalue weighted by Gasteiger charge is 2.18. The first-order valence-electron chi connectivity index (χ1n) is 8.05. The fourth-order valence-corrected chi connectivity index (χ4v) is 2.29. The molecule has 27 heavy (non-hydrogen) atoms. The van der Waals surface area contributed by atoms with Crippen LogP contribution in [0.4, 0.5) is 0 Å². The molecule has 4 N–H and O–H groups in total. The van der Waals surface area contributed by atoms with Gasteiger partial charge >= 0.3 is 0 Å². The van der Waals surface area contributed by atoms with Gasteiger partial charge in [-0.15, -0.1) is 0 Å². The second-order valence-corrected chi connectivity index (χ2v) is 5.91. The lowest BCUT2D eigenvalue weighted by molar-refractivity contribution is -0.123. The fourth-order valence-electron chi connectivity index (χ4n) is 2.10. The number of benzene rings is 2. The standard InChI is InChI=1S/C21H17ClN2O3/c22-18-7-3-6-16(12-18)5-2-1-4-15-8-10-17(11-9-15)21(27)24-19(13-23)20(26)14-25/h3,6-12,19,25H,13-14,23H2,(H,24,27)/t19-/m0/s1. The van der Waals surface area contributed by atoms with E-state index in [9.17, 15) is 9.59 Å². The molecule has 0 unspecified atom stereocenters. The Morgan fingerprint density at radius 2 is 1.74 bits per heavy atom. The lowest BCUT2D eigenvalue weighted by Crippen LogP contribution is -2.46. The van der Waals surface area contributed by atoms with Gasteiger partial charge in [-0.2, -0.15) is 0 Å². The minimum absolute atomic E-state index is 0.0833. The number of aliphatic hydroxyl groups excluding tert-OH is 1. The molecule has 6 heteroatoms. The van der Waals surface area contributed by atoms with E-state index in [0.717, 1.165) is 5.56 Å². The summed E-state index contributed by atoms with van der Waals surface area (Å²) in [6.07, 6.45) is 0. The number of nitrogens with two attached hydrogens (primary N) is 1. The third kappa shape index (κ3) is 6.29. The summed E-state index contributed by atoms with van der Waals surface area (Å²) in [7, 11) is 0. The molecule has 0 fully saturated rings. The summed E-state index contributed by atoms with van der Waals surface area (Å²) in [4.78, 5) is 23.6. The molecule has 0 bridgehead atoms. The summed E-state index contributed by atoms with van der Waals surface area (Å²) >= 11 is 5.89. The largest absolute Gasteiger partial charge is 0.388 e. The summed E-state index contributed by atoms with van der Waals surface area (Å²) in [6, 6.07) is 12.8. The van der Waals surface area contributed by atoms with Gasteiger partial charge in [0.15, 0.2) is 5.78 Å².